The predicted octanol–water partition coefficient (Wildman–Crippen LogP) is 2.44. The van der Waals surface area contributed by atoms with Crippen molar-refractivity contribution in [1.29, 1.82) is 5.26 Å². The lowest BCUT2D eigenvalue weighted by Crippen LogP contribution is -2.13. The van der Waals surface area contributed by atoms with E-state index in [2.05, 4.69) is 19.9 Å². The van der Waals surface area contributed by atoms with Crippen LogP contribution in [0.2, 0.25) is 0 Å². The van der Waals surface area contributed by atoms with Crippen LogP contribution in [0.25, 0.3) is 0 Å². The first-order valence-corrected chi connectivity index (χ1v) is 5.39. The fraction of sp³-hybridized carbons (Fsp3) is 0.462. The van der Waals surface area contributed by atoms with Crippen molar-refractivity contribution >= 4 is 0 Å². The fourth-order valence-corrected chi connectivity index (χ4v) is 1.33. The Morgan fingerprint density at radius 3 is 2.56 bits per heavy atom. The Morgan fingerprint density at radius 2 is 2.06 bits per heavy atom. The topological polar surface area (TPSA) is 53.2 Å². The number of benzene rings is 1. The third-order valence-electron chi connectivity index (χ3n) is 2.27. The Bertz CT molecular complexity index is 391. The first-order valence-electron chi connectivity index (χ1n) is 5.39. The fourth-order valence-electron chi connectivity index (χ4n) is 1.33. The summed E-state index contributed by atoms with van der Waals surface area (Å²) in [6, 6.07) is 7.68. The lowest BCUT2D eigenvalue weighted by Gasteiger charge is -2.12. The van der Waals surface area contributed by atoms with Crippen molar-refractivity contribution in [3.63, 3.8) is 0 Å². The van der Waals surface area contributed by atoms with Crippen molar-refractivity contribution in [2.24, 2.45) is 0 Å². The van der Waals surface area contributed by atoms with Gasteiger partial charge in [-0.25, -0.2) is 0 Å². The summed E-state index contributed by atoms with van der Waals surface area (Å²) in [5, 5.41) is 18.1. The number of aliphatic hydroxyl groups excluding tert-OH is 1. The molecule has 1 atom stereocenters. The normalized spacial score (nSPS) is 12.2. The minimum atomic E-state index is -0.531. The minimum absolute atomic E-state index is 0.204. The second-order valence-corrected chi connectivity index (χ2v) is 4.18. The van der Waals surface area contributed by atoms with Crippen molar-refractivity contribution in [1.82, 2.24) is 0 Å². The first-order chi connectivity index (χ1) is 7.54. The molecule has 1 N–H and O–H groups in total. The van der Waals surface area contributed by atoms with Gasteiger partial charge in [0.15, 0.2) is 0 Å². The maximum Gasteiger partial charge on any atom is 0.137 e. The predicted molar refractivity (Wildman–Crippen MR) is 62.4 cm³/mol. The van der Waals surface area contributed by atoms with Crippen LogP contribution in [0.15, 0.2) is 18.2 Å². The van der Waals surface area contributed by atoms with E-state index in [1.165, 1.54) is 0 Å². The molecular weight excluding hydrogens is 202 g/mol. The van der Waals surface area contributed by atoms with E-state index in [9.17, 15) is 0 Å². The number of nitriles is 1. The molecule has 0 saturated carbocycles. The smallest absolute Gasteiger partial charge is 0.137 e. The number of hydrogen-bond donors (Lipinski definition) is 1. The summed E-state index contributed by atoms with van der Waals surface area (Å²) in [6.45, 7) is 6.00. The van der Waals surface area contributed by atoms with E-state index in [0.29, 0.717) is 17.2 Å². The first kappa shape index (κ1) is 12.5. The highest BCUT2D eigenvalue weighted by molar-refractivity contribution is 5.46. The Hall–Kier alpha value is -1.53. The molecule has 1 aromatic rings. The van der Waals surface area contributed by atoms with E-state index >= 15 is 0 Å². The van der Waals surface area contributed by atoms with Gasteiger partial charge in [0.05, 0.1) is 11.7 Å². The van der Waals surface area contributed by atoms with Crippen molar-refractivity contribution in [2.75, 3.05) is 6.61 Å². The van der Waals surface area contributed by atoms with Gasteiger partial charge in [0.25, 0.3) is 0 Å². The SMILES string of the molecule is CC(O)COc1ccc(C(C)C)cc1C#N. The van der Waals surface area contributed by atoms with Gasteiger partial charge in [0, 0.05) is 0 Å². The molecule has 1 rings (SSSR count). The number of aliphatic hydroxyl groups is 1. The standard InChI is InChI=1S/C13H17NO2/c1-9(2)11-4-5-13(12(6-11)7-14)16-8-10(3)15/h4-6,9-10,15H,8H2,1-3H3. The van der Waals surface area contributed by atoms with Crippen LogP contribution in [0.3, 0.4) is 0 Å². The second kappa shape index (κ2) is 5.53. The monoisotopic (exact) mass is 219 g/mol. The van der Waals surface area contributed by atoms with Crippen LogP contribution >= 0.6 is 0 Å². The highest BCUT2D eigenvalue weighted by atomic mass is 16.5. The van der Waals surface area contributed by atoms with E-state index in [1.807, 2.05) is 12.1 Å². The molecule has 0 amide bonds. The van der Waals surface area contributed by atoms with Crippen molar-refractivity contribution in [2.45, 2.75) is 32.8 Å². The molecule has 0 radical (unpaired) electrons. The third-order valence-corrected chi connectivity index (χ3v) is 2.27. The van der Waals surface area contributed by atoms with Crippen molar-refractivity contribution < 1.29 is 9.84 Å². The summed E-state index contributed by atoms with van der Waals surface area (Å²) in [7, 11) is 0. The van der Waals surface area contributed by atoms with Crippen LogP contribution in [0, 0.1) is 11.3 Å². The lowest BCUT2D eigenvalue weighted by molar-refractivity contribution is 0.122. The van der Waals surface area contributed by atoms with Crippen LogP contribution in [-0.4, -0.2) is 17.8 Å². The van der Waals surface area contributed by atoms with Gasteiger partial charge >= 0.3 is 0 Å². The molecule has 0 bridgehead atoms. The van der Waals surface area contributed by atoms with Crippen LogP contribution in [0.1, 0.15) is 37.8 Å². The zero-order valence-electron chi connectivity index (χ0n) is 9.90. The van der Waals surface area contributed by atoms with Gasteiger partial charge in [-0.1, -0.05) is 19.9 Å². The average Bonchev–Trinajstić information content (AvgIpc) is 2.25. The summed E-state index contributed by atoms with van der Waals surface area (Å²) >= 11 is 0. The maximum absolute atomic E-state index is 9.11. The van der Waals surface area contributed by atoms with Crippen LogP contribution in [-0.2, 0) is 0 Å². The molecule has 0 aromatic heterocycles. The highest BCUT2D eigenvalue weighted by Crippen LogP contribution is 2.23. The number of rotatable bonds is 4. The van der Waals surface area contributed by atoms with E-state index in [-0.39, 0.29) is 6.61 Å². The van der Waals surface area contributed by atoms with Gasteiger partial charge < -0.3 is 9.84 Å². The number of hydrogen-bond acceptors (Lipinski definition) is 3. The number of ether oxygens (including phenoxy) is 1. The van der Waals surface area contributed by atoms with Crippen LogP contribution in [0.4, 0.5) is 0 Å². The van der Waals surface area contributed by atoms with Gasteiger partial charge in [-0.15, -0.1) is 0 Å². The lowest BCUT2D eigenvalue weighted by atomic mass is 10.0. The summed E-state index contributed by atoms with van der Waals surface area (Å²) in [5.41, 5.74) is 1.63. The molecule has 1 aromatic carbocycles. The quantitative estimate of drug-likeness (QED) is 0.846. The Morgan fingerprint density at radius 1 is 1.38 bits per heavy atom. The largest absolute Gasteiger partial charge is 0.490 e. The van der Waals surface area contributed by atoms with Crippen molar-refractivity contribution in [3.8, 4) is 11.8 Å². The van der Waals surface area contributed by atoms with E-state index in [4.69, 9.17) is 15.1 Å². The van der Waals surface area contributed by atoms with Gasteiger partial charge in [-0.2, -0.15) is 5.26 Å². The molecule has 0 aliphatic rings. The molecule has 16 heavy (non-hydrogen) atoms. The molecule has 86 valence electrons. The molecule has 0 aliphatic carbocycles. The van der Waals surface area contributed by atoms with Gasteiger partial charge in [0.1, 0.15) is 18.4 Å². The molecule has 3 heteroatoms. The zero-order chi connectivity index (χ0) is 12.1. The summed E-state index contributed by atoms with van der Waals surface area (Å²) in [6.07, 6.45) is -0.531. The Balaban J connectivity index is 2.90. The summed E-state index contributed by atoms with van der Waals surface area (Å²) in [4.78, 5) is 0. The molecule has 0 fully saturated rings. The van der Waals surface area contributed by atoms with Gasteiger partial charge in [0.2, 0.25) is 0 Å². The Kier molecular flexibility index (Phi) is 4.33. The van der Waals surface area contributed by atoms with Gasteiger partial charge in [-0.3, -0.25) is 0 Å². The van der Waals surface area contributed by atoms with E-state index in [0.717, 1.165) is 5.56 Å². The molecule has 3 nitrogen and oxygen atoms in total. The molecule has 1 unspecified atom stereocenters. The van der Waals surface area contributed by atoms with E-state index < -0.39 is 6.10 Å². The summed E-state index contributed by atoms with van der Waals surface area (Å²) in [5.74, 6) is 0.922. The molecule has 0 heterocycles. The molecule has 0 saturated heterocycles. The number of nitrogens with zero attached hydrogens (tertiary/aromatic N) is 1. The van der Waals surface area contributed by atoms with Gasteiger partial charge in [-0.05, 0) is 30.5 Å². The van der Waals surface area contributed by atoms with E-state index in [1.54, 1.807) is 13.0 Å². The Labute approximate surface area is 96.3 Å². The molecule has 0 aliphatic heterocycles. The highest BCUT2D eigenvalue weighted by Gasteiger charge is 2.07. The molecular formula is C13H17NO2. The minimum Gasteiger partial charge on any atom is -0.490 e. The average molecular weight is 219 g/mol. The molecule has 0 spiro atoms. The van der Waals surface area contributed by atoms with Crippen molar-refractivity contribution in [3.05, 3.63) is 29.3 Å². The second-order valence-electron chi connectivity index (χ2n) is 4.18. The third kappa shape index (κ3) is 3.25. The summed E-state index contributed by atoms with van der Waals surface area (Å²) < 4.78 is 5.35. The zero-order valence-corrected chi connectivity index (χ0v) is 9.90. The maximum atomic E-state index is 9.11. The van der Waals surface area contributed by atoms with Crippen LogP contribution in [0.5, 0.6) is 5.75 Å². The van der Waals surface area contributed by atoms with Crippen LogP contribution < -0.4 is 4.74 Å².